The van der Waals surface area contributed by atoms with Gasteiger partial charge < -0.3 is 14.8 Å². The predicted molar refractivity (Wildman–Crippen MR) is 96.6 cm³/mol. The molecule has 5 heteroatoms. The van der Waals surface area contributed by atoms with E-state index < -0.39 is 5.97 Å². The van der Waals surface area contributed by atoms with Crippen molar-refractivity contribution in [1.82, 2.24) is 5.32 Å². The van der Waals surface area contributed by atoms with Crippen LogP contribution in [0.3, 0.4) is 0 Å². The number of nitrogens with one attached hydrogen (secondary N) is 1. The molecule has 2 rings (SSSR count). The van der Waals surface area contributed by atoms with Crippen molar-refractivity contribution in [3.63, 3.8) is 0 Å². The highest BCUT2D eigenvalue weighted by molar-refractivity contribution is 5.91. The SMILES string of the molecule is CC(C)Oc1ccc(C(=O)OCC(=O)NC2CCCC(C)C2C)cc1. The van der Waals surface area contributed by atoms with E-state index in [-0.39, 0.29) is 24.7 Å². The molecule has 0 aromatic heterocycles. The van der Waals surface area contributed by atoms with E-state index >= 15 is 0 Å². The number of carbonyl (C=O) groups excluding carboxylic acids is 2. The van der Waals surface area contributed by atoms with Gasteiger partial charge in [-0.25, -0.2) is 4.79 Å². The maximum absolute atomic E-state index is 12.1. The average molecular weight is 347 g/mol. The van der Waals surface area contributed by atoms with Crippen LogP contribution in [0.25, 0.3) is 0 Å². The second kappa shape index (κ2) is 8.88. The van der Waals surface area contributed by atoms with Crippen molar-refractivity contribution in [1.29, 1.82) is 0 Å². The summed E-state index contributed by atoms with van der Waals surface area (Å²) >= 11 is 0. The molecule has 138 valence electrons. The normalized spacial score (nSPS) is 23.2. The van der Waals surface area contributed by atoms with Crippen LogP contribution < -0.4 is 10.1 Å². The van der Waals surface area contributed by atoms with Crippen molar-refractivity contribution < 1.29 is 19.1 Å². The smallest absolute Gasteiger partial charge is 0.338 e. The largest absolute Gasteiger partial charge is 0.491 e. The Morgan fingerprint density at radius 2 is 1.84 bits per heavy atom. The lowest BCUT2D eigenvalue weighted by Gasteiger charge is -2.34. The number of ether oxygens (including phenoxy) is 2. The van der Waals surface area contributed by atoms with Crippen LogP contribution >= 0.6 is 0 Å². The summed E-state index contributed by atoms with van der Waals surface area (Å²) in [6.45, 7) is 8.02. The summed E-state index contributed by atoms with van der Waals surface area (Å²) in [5.74, 6) is 1.01. The van der Waals surface area contributed by atoms with Crippen LogP contribution in [0.4, 0.5) is 0 Å². The van der Waals surface area contributed by atoms with Gasteiger partial charge in [-0.05, 0) is 56.4 Å². The van der Waals surface area contributed by atoms with Crippen molar-refractivity contribution in [3.8, 4) is 5.75 Å². The molecule has 5 nitrogen and oxygen atoms in total. The Kier molecular flexibility index (Phi) is 6.85. The standard InChI is InChI=1S/C20H29NO4/c1-13(2)25-17-10-8-16(9-11-17)20(23)24-12-19(22)21-18-7-5-6-14(3)15(18)4/h8-11,13-15,18H,5-7,12H2,1-4H3,(H,21,22). The predicted octanol–water partition coefficient (Wildman–Crippen LogP) is 3.57. The van der Waals surface area contributed by atoms with Crippen molar-refractivity contribution in [2.45, 2.75) is 59.1 Å². The number of amides is 1. The molecular weight excluding hydrogens is 318 g/mol. The number of benzene rings is 1. The zero-order valence-electron chi connectivity index (χ0n) is 15.6. The number of hydrogen-bond donors (Lipinski definition) is 1. The Morgan fingerprint density at radius 3 is 2.48 bits per heavy atom. The molecule has 3 unspecified atom stereocenters. The molecule has 0 bridgehead atoms. The van der Waals surface area contributed by atoms with Gasteiger partial charge >= 0.3 is 5.97 Å². The molecule has 0 radical (unpaired) electrons. The highest BCUT2D eigenvalue weighted by Crippen LogP contribution is 2.29. The summed E-state index contributed by atoms with van der Waals surface area (Å²) in [7, 11) is 0. The first-order valence-corrected chi connectivity index (χ1v) is 9.10. The highest BCUT2D eigenvalue weighted by atomic mass is 16.5. The van der Waals surface area contributed by atoms with Gasteiger partial charge in [0.05, 0.1) is 11.7 Å². The van der Waals surface area contributed by atoms with Gasteiger partial charge in [-0.15, -0.1) is 0 Å². The lowest BCUT2D eigenvalue weighted by atomic mass is 9.78. The number of rotatable bonds is 6. The van der Waals surface area contributed by atoms with Crippen LogP contribution in [-0.2, 0) is 9.53 Å². The van der Waals surface area contributed by atoms with E-state index in [0.29, 0.717) is 23.1 Å². The van der Waals surface area contributed by atoms with Crippen LogP contribution in [0, 0.1) is 11.8 Å². The van der Waals surface area contributed by atoms with E-state index in [1.807, 2.05) is 13.8 Å². The summed E-state index contributed by atoms with van der Waals surface area (Å²) in [6.07, 6.45) is 3.40. The molecule has 1 aromatic rings. The van der Waals surface area contributed by atoms with Crippen molar-refractivity contribution in [3.05, 3.63) is 29.8 Å². The summed E-state index contributed by atoms with van der Waals surface area (Å²) in [5, 5.41) is 3.00. The fourth-order valence-corrected chi connectivity index (χ4v) is 3.19. The van der Waals surface area contributed by atoms with Gasteiger partial charge in [0.1, 0.15) is 5.75 Å². The van der Waals surface area contributed by atoms with Crippen LogP contribution in [0.5, 0.6) is 5.75 Å². The molecule has 3 atom stereocenters. The molecule has 0 spiro atoms. The molecule has 1 N–H and O–H groups in total. The summed E-state index contributed by atoms with van der Waals surface area (Å²) < 4.78 is 10.7. The fraction of sp³-hybridized carbons (Fsp3) is 0.600. The molecule has 0 saturated heterocycles. The lowest BCUT2D eigenvalue weighted by Crippen LogP contribution is -2.45. The number of hydrogen-bond acceptors (Lipinski definition) is 4. The zero-order valence-corrected chi connectivity index (χ0v) is 15.6. The maximum Gasteiger partial charge on any atom is 0.338 e. The molecule has 25 heavy (non-hydrogen) atoms. The van der Waals surface area contributed by atoms with E-state index in [2.05, 4.69) is 19.2 Å². The van der Waals surface area contributed by atoms with E-state index in [0.717, 1.165) is 12.8 Å². The Hall–Kier alpha value is -2.04. The van der Waals surface area contributed by atoms with Crippen molar-refractivity contribution in [2.24, 2.45) is 11.8 Å². The zero-order chi connectivity index (χ0) is 18.4. The van der Waals surface area contributed by atoms with Gasteiger partial charge in [-0.2, -0.15) is 0 Å². The van der Waals surface area contributed by atoms with E-state index in [9.17, 15) is 9.59 Å². The van der Waals surface area contributed by atoms with Crippen molar-refractivity contribution >= 4 is 11.9 Å². The van der Waals surface area contributed by atoms with E-state index in [1.165, 1.54) is 6.42 Å². The molecule has 1 aliphatic carbocycles. The minimum atomic E-state index is -0.503. The van der Waals surface area contributed by atoms with Gasteiger partial charge in [0.2, 0.25) is 0 Å². The van der Waals surface area contributed by atoms with Crippen LogP contribution in [0.2, 0.25) is 0 Å². The third-order valence-corrected chi connectivity index (χ3v) is 4.85. The molecule has 1 amide bonds. The first kappa shape index (κ1) is 19.3. The Labute approximate surface area is 150 Å². The van der Waals surface area contributed by atoms with Crippen LogP contribution in [0.1, 0.15) is 57.3 Å². The highest BCUT2D eigenvalue weighted by Gasteiger charge is 2.28. The van der Waals surface area contributed by atoms with Gasteiger partial charge in [0, 0.05) is 6.04 Å². The summed E-state index contributed by atoms with van der Waals surface area (Å²) in [4.78, 5) is 24.1. The molecular formula is C20H29NO4. The third kappa shape index (κ3) is 5.76. The second-order valence-electron chi connectivity index (χ2n) is 7.21. The number of esters is 1. The molecule has 1 fully saturated rings. The number of carbonyl (C=O) groups is 2. The molecule has 1 saturated carbocycles. The van der Waals surface area contributed by atoms with Crippen molar-refractivity contribution in [2.75, 3.05) is 6.61 Å². The third-order valence-electron chi connectivity index (χ3n) is 4.85. The molecule has 1 aliphatic rings. The van der Waals surface area contributed by atoms with Crippen LogP contribution in [0.15, 0.2) is 24.3 Å². The summed E-state index contributed by atoms with van der Waals surface area (Å²) in [5.41, 5.74) is 0.406. The van der Waals surface area contributed by atoms with Gasteiger partial charge in [-0.3, -0.25) is 4.79 Å². The molecule has 1 aromatic carbocycles. The minimum Gasteiger partial charge on any atom is -0.491 e. The quantitative estimate of drug-likeness (QED) is 0.799. The molecule has 0 aliphatic heterocycles. The van der Waals surface area contributed by atoms with Crippen LogP contribution in [-0.4, -0.2) is 30.6 Å². The first-order valence-electron chi connectivity index (χ1n) is 9.10. The Balaban J connectivity index is 1.80. The monoisotopic (exact) mass is 347 g/mol. The fourth-order valence-electron chi connectivity index (χ4n) is 3.19. The topological polar surface area (TPSA) is 64.6 Å². The van der Waals surface area contributed by atoms with Gasteiger partial charge in [-0.1, -0.05) is 26.7 Å². The van der Waals surface area contributed by atoms with Gasteiger partial charge in [0.25, 0.3) is 5.91 Å². The Morgan fingerprint density at radius 1 is 1.16 bits per heavy atom. The summed E-state index contributed by atoms with van der Waals surface area (Å²) in [6, 6.07) is 6.90. The maximum atomic E-state index is 12.1. The average Bonchev–Trinajstić information content (AvgIpc) is 2.57. The lowest BCUT2D eigenvalue weighted by molar-refractivity contribution is -0.125. The first-order chi connectivity index (χ1) is 11.9. The Bertz CT molecular complexity index is 582. The van der Waals surface area contributed by atoms with E-state index in [1.54, 1.807) is 24.3 Å². The van der Waals surface area contributed by atoms with E-state index in [4.69, 9.17) is 9.47 Å². The second-order valence-corrected chi connectivity index (χ2v) is 7.21. The van der Waals surface area contributed by atoms with Gasteiger partial charge in [0.15, 0.2) is 6.61 Å². The molecule has 0 heterocycles. The minimum absolute atomic E-state index is 0.0754.